The highest BCUT2D eigenvalue weighted by molar-refractivity contribution is 5.30. The van der Waals surface area contributed by atoms with Crippen LogP contribution < -0.4 is 11.4 Å². The quantitative estimate of drug-likeness (QED) is 0.648. The van der Waals surface area contributed by atoms with Crippen molar-refractivity contribution >= 4 is 5.82 Å². The van der Waals surface area contributed by atoms with Gasteiger partial charge in [0.15, 0.2) is 0 Å². The predicted octanol–water partition coefficient (Wildman–Crippen LogP) is -1.03. The summed E-state index contributed by atoms with van der Waals surface area (Å²) in [6.07, 6.45) is -1.05. The Morgan fingerprint density at radius 1 is 1.63 bits per heavy atom. The van der Waals surface area contributed by atoms with E-state index in [1.165, 1.54) is 19.4 Å². The van der Waals surface area contributed by atoms with Crippen LogP contribution in [0.2, 0.25) is 0 Å². The molecule has 4 N–H and O–H groups in total. The molecule has 0 spiro atoms. The van der Waals surface area contributed by atoms with Crippen molar-refractivity contribution < 1.29 is 19.3 Å². The van der Waals surface area contributed by atoms with Crippen molar-refractivity contribution in [3.05, 3.63) is 34.1 Å². The first-order valence-corrected chi connectivity index (χ1v) is 5.56. The van der Waals surface area contributed by atoms with Crippen LogP contribution in [0, 0.1) is 0 Å². The van der Waals surface area contributed by atoms with E-state index in [0.717, 1.165) is 4.57 Å². The smallest absolute Gasteiger partial charge is 0.350 e. The van der Waals surface area contributed by atoms with Crippen LogP contribution in [0.25, 0.3) is 0 Å². The largest absolute Gasteiger partial charge is 0.392 e. The van der Waals surface area contributed by atoms with Crippen molar-refractivity contribution in [3.63, 3.8) is 0 Å². The maximum atomic E-state index is 14.2. The van der Waals surface area contributed by atoms with Gasteiger partial charge in [0.05, 0.1) is 6.61 Å². The number of aliphatic hydroxyl groups excluding tert-OH is 2. The van der Waals surface area contributed by atoms with E-state index in [1.54, 1.807) is 0 Å². The number of hydrogen-bond donors (Lipinski definition) is 3. The third-order valence-corrected chi connectivity index (χ3v) is 3.14. The number of ether oxygens (including phenoxy) is 1. The van der Waals surface area contributed by atoms with Gasteiger partial charge in [-0.2, -0.15) is 4.98 Å². The van der Waals surface area contributed by atoms with E-state index in [9.17, 15) is 14.3 Å². The van der Waals surface area contributed by atoms with Crippen molar-refractivity contribution in [2.75, 3.05) is 19.5 Å². The van der Waals surface area contributed by atoms with Gasteiger partial charge >= 0.3 is 5.69 Å². The molecule has 0 saturated heterocycles. The zero-order chi connectivity index (χ0) is 14.2. The van der Waals surface area contributed by atoms with Gasteiger partial charge in [0, 0.05) is 18.9 Å². The Balaban J connectivity index is 2.53. The lowest BCUT2D eigenvalue weighted by molar-refractivity contribution is -0.00905. The average Bonchev–Trinajstić information content (AvgIpc) is 2.60. The minimum Gasteiger partial charge on any atom is -0.392 e. The first-order chi connectivity index (χ1) is 9.01. The van der Waals surface area contributed by atoms with Crippen LogP contribution in [-0.4, -0.2) is 45.7 Å². The van der Waals surface area contributed by atoms with E-state index >= 15 is 0 Å². The fourth-order valence-corrected chi connectivity index (χ4v) is 2.19. The predicted molar refractivity (Wildman–Crippen MR) is 64.0 cm³/mol. The van der Waals surface area contributed by atoms with Gasteiger partial charge in [0.2, 0.25) is 0 Å². The highest BCUT2D eigenvalue weighted by atomic mass is 19.1. The van der Waals surface area contributed by atoms with Crippen LogP contribution in [0.3, 0.4) is 0 Å². The topological polar surface area (TPSA) is 111 Å². The minimum absolute atomic E-state index is 0.0144. The Labute approximate surface area is 107 Å². The zero-order valence-corrected chi connectivity index (χ0v) is 10.2. The van der Waals surface area contributed by atoms with Crippen LogP contribution >= 0.6 is 0 Å². The lowest BCUT2D eigenvalue weighted by atomic mass is 10.1. The van der Waals surface area contributed by atoms with E-state index in [0.29, 0.717) is 0 Å². The molecule has 0 aromatic carbocycles. The summed E-state index contributed by atoms with van der Waals surface area (Å²) in [6, 6.07) is 0.174. The number of nitrogens with zero attached hydrogens (tertiary/aromatic N) is 2. The highest BCUT2D eigenvalue weighted by Gasteiger charge is 2.44. The molecular weight excluding hydrogens is 257 g/mol. The van der Waals surface area contributed by atoms with Crippen molar-refractivity contribution in [2.45, 2.75) is 18.2 Å². The van der Waals surface area contributed by atoms with Crippen LogP contribution in [0.5, 0.6) is 0 Å². The van der Waals surface area contributed by atoms with Crippen molar-refractivity contribution in [2.24, 2.45) is 0 Å². The summed E-state index contributed by atoms with van der Waals surface area (Å²) in [7, 11) is 1.28. The summed E-state index contributed by atoms with van der Waals surface area (Å²) in [5, 5.41) is 18.9. The van der Waals surface area contributed by atoms with Gasteiger partial charge in [-0.3, -0.25) is 4.57 Å². The monoisotopic (exact) mass is 271 g/mol. The number of anilines is 1. The Kier molecular flexibility index (Phi) is 3.65. The van der Waals surface area contributed by atoms with Gasteiger partial charge < -0.3 is 20.7 Å². The number of aromatic nitrogens is 2. The van der Waals surface area contributed by atoms with E-state index in [-0.39, 0.29) is 11.4 Å². The molecule has 0 bridgehead atoms. The second kappa shape index (κ2) is 5.08. The molecule has 7 nitrogen and oxygen atoms in total. The first-order valence-electron chi connectivity index (χ1n) is 5.56. The molecular formula is C11H14FN3O4. The molecule has 0 aliphatic heterocycles. The number of aliphatic hydroxyl groups is 2. The SMILES string of the molecule is COC1C(O)C(CO)=C(F)C1n1ccc(N)nc1=O. The molecule has 1 aliphatic carbocycles. The summed E-state index contributed by atoms with van der Waals surface area (Å²) in [5.41, 5.74) is 4.41. The lowest BCUT2D eigenvalue weighted by Gasteiger charge is -2.22. The molecule has 0 radical (unpaired) electrons. The molecule has 1 aromatic heterocycles. The second-order valence-electron chi connectivity index (χ2n) is 4.16. The molecule has 8 heteroatoms. The molecule has 3 atom stereocenters. The molecule has 3 unspecified atom stereocenters. The zero-order valence-electron chi connectivity index (χ0n) is 10.2. The Hall–Kier alpha value is -1.77. The third-order valence-electron chi connectivity index (χ3n) is 3.14. The maximum Gasteiger partial charge on any atom is 0.350 e. The standard InChI is InChI=1S/C11H14FN3O4/c1-19-10-8(7(12)5(4-16)9(10)17)15-3-2-6(13)14-11(15)18/h2-3,8-10,16-17H,4H2,1H3,(H2,13,14,18). The lowest BCUT2D eigenvalue weighted by Crippen LogP contribution is -2.37. The van der Waals surface area contributed by atoms with E-state index in [4.69, 9.17) is 15.6 Å². The van der Waals surface area contributed by atoms with Crippen LogP contribution in [0.1, 0.15) is 6.04 Å². The molecule has 1 aromatic rings. The van der Waals surface area contributed by atoms with Gasteiger partial charge in [-0.05, 0) is 6.07 Å². The number of nitrogens with two attached hydrogens (primary N) is 1. The van der Waals surface area contributed by atoms with Crippen LogP contribution in [0.15, 0.2) is 28.5 Å². The maximum absolute atomic E-state index is 14.2. The third kappa shape index (κ3) is 2.14. The van der Waals surface area contributed by atoms with E-state index in [2.05, 4.69) is 4.98 Å². The summed E-state index contributed by atoms with van der Waals surface area (Å²) in [4.78, 5) is 15.2. The fourth-order valence-electron chi connectivity index (χ4n) is 2.19. The summed E-state index contributed by atoms with van der Waals surface area (Å²) < 4.78 is 20.2. The van der Waals surface area contributed by atoms with E-state index in [1.807, 2.05) is 0 Å². The van der Waals surface area contributed by atoms with Gasteiger partial charge in [-0.15, -0.1) is 0 Å². The average molecular weight is 271 g/mol. The first kappa shape index (κ1) is 13.7. The molecule has 0 saturated carbocycles. The highest BCUT2D eigenvalue weighted by Crippen LogP contribution is 2.37. The molecule has 104 valence electrons. The molecule has 1 aliphatic rings. The van der Waals surface area contributed by atoms with Crippen molar-refractivity contribution in [1.29, 1.82) is 0 Å². The summed E-state index contributed by atoms with van der Waals surface area (Å²) >= 11 is 0. The minimum atomic E-state index is -1.32. The van der Waals surface area contributed by atoms with Gasteiger partial charge in [-0.1, -0.05) is 0 Å². The van der Waals surface area contributed by atoms with Gasteiger partial charge in [-0.25, -0.2) is 9.18 Å². The number of halogens is 1. The Morgan fingerprint density at radius 3 is 2.84 bits per heavy atom. The summed E-state index contributed by atoms with van der Waals surface area (Å²) in [6.45, 7) is -0.652. The van der Waals surface area contributed by atoms with Crippen molar-refractivity contribution in [1.82, 2.24) is 9.55 Å². The Bertz CT molecular complexity index is 571. The van der Waals surface area contributed by atoms with Crippen molar-refractivity contribution in [3.8, 4) is 0 Å². The normalized spacial score (nSPS) is 27.1. The van der Waals surface area contributed by atoms with Gasteiger partial charge in [0.25, 0.3) is 0 Å². The number of methoxy groups -OCH3 is 1. The van der Waals surface area contributed by atoms with Crippen LogP contribution in [0.4, 0.5) is 10.2 Å². The molecule has 0 amide bonds. The number of nitrogen functional groups attached to an aromatic ring is 1. The Morgan fingerprint density at radius 2 is 2.32 bits per heavy atom. The fraction of sp³-hybridized carbons (Fsp3) is 0.455. The van der Waals surface area contributed by atoms with E-state index < -0.39 is 36.4 Å². The van der Waals surface area contributed by atoms with Crippen LogP contribution in [-0.2, 0) is 4.74 Å². The summed E-state index contributed by atoms with van der Waals surface area (Å²) in [5.74, 6) is -0.781. The number of hydrogen-bond acceptors (Lipinski definition) is 6. The second-order valence-corrected chi connectivity index (χ2v) is 4.16. The molecule has 1 heterocycles. The van der Waals surface area contributed by atoms with Gasteiger partial charge in [0.1, 0.15) is 29.9 Å². The molecule has 2 rings (SSSR count). The number of rotatable bonds is 3. The molecule has 19 heavy (non-hydrogen) atoms. The molecule has 0 fully saturated rings.